The van der Waals surface area contributed by atoms with Crippen LogP contribution in [0.5, 0.6) is 0 Å². The minimum Gasteiger partial charge on any atom is -0.480 e. The van der Waals surface area contributed by atoms with E-state index in [1.807, 2.05) is 0 Å². The molecule has 3 fully saturated rings. The fourth-order valence-electron chi connectivity index (χ4n) is 9.13. The Labute approximate surface area is 227 Å². The van der Waals surface area contributed by atoms with Crippen molar-refractivity contribution in [3.05, 3.63) is 11.6 Å². The molecular weight excluding hydrogens is 460 g/mol. The SMILES string of the molecule is CC(C)CCC[C@@H](C)[C@H]1CC[C@H]2[C@@H]3CC=C4C[C@@H](O)CC[C@]4(C)[C@H]3CC[C@]12C.NCCC[C@H](N)C(=O)O. The van der Waals surface area contributed by atoms with E-state index < -0.39 is 12.0 Å². The number of carboxylic acid groups (broad SMARTS) is 1. The van der Waals surface area contributed by atoms with Gasteiger partial charge in [0.15, 0.2) is 0 Å². The molecule has 4 aliphatic rings. The summed E-state index contributed by atoms with van der Waals surface area (Å²) in [5.41, 5.74) is 12.9. The fraction of sp³-hybridized carbons (Fsp3) is 0.906. The summed E-state index contributed by atoms with van der Waals surface area (Å²) in [6.07, 6.45) is 18.3. The first-order valence-corrected chi connectivity index (χ1v) is 15.5. The van der Waals surface area contributed by atoms with Gasteiger partial charge in [0.05, 0.1) is 6.10 Å². The van der Waals surface area contributed by atoms with E-state index in [-0.39, 0.29) is 6.10 Å². The summed E-state index contributed by atoms with van der Waals surface area (Å²) in [4.78, 5) is 10.0. The van der Waals surface area contributed by atoms with E-state index in [4.69, 9.17) is 16.6 Å². The summed E-state index contributed by atoms with van der Waals surface area (Å²) in [5.74, 6) is 4.50. The molecule has 9 atom stereocenters. The summed E-state index contributed by atoms with van der Waals surface area (Å²) < 4.78 is 0. The molecule has 0 aromatic rings. The van der Waals surface area contributed by atoms with E-state index in [0.29, 0.717) is 30.2 Å². The molecule has 0 saturated heterocycles. The van der Waals surface area contributed by atoms with Gasteiger partial charge in [-0.15, -0.1) is 0 Å². The molecule has 0 heterocycles. The van der Waals surface area contributed by atoms with Crippen molar-refractivity contribution >= 4 is 5.97 Å². The normalized spacial score (nSPS) is 38.4. The molecule has 0 aliphatic heterocycles. The lowest BCUT2D eigenvalue weighted by molar-refractivity contribution is -0.138. The van der Waals surface area contributed by atoms with Gasteiger partial charge in [0.2, 0.25) is 0 Å². The second kappa shape index (κ2) is 13.0. The third kappa shape index (κ3) is 6.81. The van der Waals surface area contributed by atoms with Crippen LogP contribution in [0.1, 0.15) is 118 Å². The minimum absolute atomic E-state index is 0.0766. The van der Waals surface area contributed by atoms with Crippen LogP contribution in [0.2, 0.25) is 0 Å². The lowest BCUT2D eigenvalue weighted by Gasteiger charge is -2.58. The number of carbonyl (C=O) groups is 1. The van der Waals surface area contributed by atoms with Crippen molar-refractivity contribution in [3.63, 3.8) is 0 Å². The van der Waals surface area contributed by atoms with Gasteiger partial charge in [-0.3, -0.25) is 4.79 Å². The van der Waals surface area contributed by atoms with E-state index in [0.717, 1.165) is 48.3 Å². The smallest absolute Gasteiger partial charge is 0.320 e. The van der Waals surface area contributed by atoms with Gasteiger partial charge in [-0.1, -0.05) is 65.5 Å². The van der Waals surface area contributed by atoms with Crippen molar-refractivity contribution in [1.82, 2.24) is 0 Å². The maximum atomic E-state index is 10.2. The van der Waals surface area contributed by atoms with Crippen molar-refractivity contribution in [2.24, 2.45) is 57.8 Å². The predicted octanol–water partition coefficient (Wildman–Crippen LogP) is 6.53. The van der Waals surface area contributed by atoms with Crippen LogP contribution in [0.25, 0.3) is 0 Å². The van der Waals surface area contributed by atoms with Gasteiger partial charge < -0.3 is 21.7 Å². The van der Waals surface area contributed by atoms with Gasteiger partial charge in [0.25, 0.3) is 0 Å². The van der Waals surface area contributed by atoms with Gasteiger partial charge in [0.1, 0.15) is 6.04 Å². The van der Waals surface area contributed by atoms with E-state index in [1.165, 1.54) is 57.8 Å². The highest BCUT2D eigenvalue weighted by atomic mass is 16.4. The van der Waals surface area contributed by atoms with Crippen LogP contribution in [0.4, 0.5) is 0 Å². The van der Waals surface area contributed by atoms with Crippen molar-refractivity contribution in [1.29, 1.82) is 0 Å². The zero-order valence-corrected chi connectivity index (χ0v) is 24.6. The maximum Gasteiger partial charge on any atom is 0.320 e. The Kier molecular flexibility index (Phi) is 10.7. The zero-order chi connectivity index (χ0) is 27.4. The van der Waals surface area contributed by atoms with Crippen LogP contribution in [-0.2, 0) is 4.79 Å². The van der Waals surface area contributed by atoms with Gasteiger partial charge in [0, 0.05) is 0 Å². The molecule has 5 nitrogen and oxygen atoms in total. The van der Waals surface area contributed by atoms with Crippen LogP contribution in [0, 0.1) is 46.3 Å². The standard InChI is InChI=1S/C27H46O.C5H12N2O2/c1-18(2)7-6-8-19(3)23-11-12-24-22-10-9-20-17-21(28)13-15-26(20,4)25(22)14-16-27(23,24)5;6-3-1-2-4(7)5(8)9/h9,18-19,21-25,28H,6-8,10-17H2,1-5H3;4H,1-3,6-7H2,(H,8,9)/t19-,21+,22+,23-,24+,25+,26+,27-;4-/m10/s1. The number of rotatable bonds is 9. The van der Waals surface area contributed by atoms with Crippen LogP contribution < -0.4 is 11.5 Å². The number of carboxylic acids is 1. The summed E-state index contributed by atoms with van der Waals surface area (Å²) in [5, 5.41) is 18.5. The second-order valence-corrected chi connectivity index (χ2v) is 14.1. The van der Waals surface area contributed by atoms with Gasteiger partial charge in [-0.05, 0) is 117 Å². The largest absolute Gasteiger partial charge is 0.480 e. The number of nitrogens with two attached hydrogens (primary N) is 2. The lowest BCUT2D eigenvalue weighted by Crippen LogP contribution is -2.50. The summed E-state index contributed by atoms with van der Waals surface area (Å²) in [7, 11) is 0. The van der Waals surface area contributed by atoms with Gasteiger partial charge >= 0.3 is 5.97 Å². The lowest BCUT2D eigenvalue weighted by atomic mass is 9.47. The third-order valence-corrected chi connectivity index (χ3v) is 11.3. The first kappa shape index (κ1) is 30.6. The van der Waals surface area contributed by atoms with Gasteiger partial charge in [-0.25, -0.2) is 0 Å². The monoisotopic (exact) mass is 518 g/mol. The molecular formula is C32H58N2O3. The molecule has 6 N–H and O–H groups in total. The van der Waals surface area contributed by atoms with E-state index in [1.54, 1.807) is 5.57 Å². The first-order chi connectivity index (χ1) is 17.4. The van der Waals surface area contributed by atoms with Crippen LogP contribution >= 0.6 is 0 Å². The van der Waals surface area contributed by atoms with Crippen LogP contribution in [-0.4, -0.2) is 34.9 Å². The Bertz CT molecular complexity index is 782. The Hall–Kier alpha value is -0.910. The van der Waals surface area contributed by atoms with E-state index >= 15 is 0 Å². The van der Waals surface area contributed by atoms with Crippen LogP contribution in [0.15, 0.2) is 11.6 Å². The molecule has 5 heteroatoms. The van der Waals surface area contributed by atoms with E-state index in [9.17, 15) is 9.90 Å². The summed E-state index contributed by atoms with van der Waals surface area (Å²) in [6, 6.07) is -0.742. The topological polar surface area (TPSA) is 110 Å². The average molecular weight is 519 g/mol. The molecule has 0 radical (unpaired) electrons. The van der Waals surface area contributed by atoms with Gasteiger partial charge in [-0.2, -0.15) is 0 Å². The highest BCUT2D eigenvalue weighted by Gasteiger charge is 2.59. The number of allylic oxidation sites excluding steroid dienone is 1. The van der Waals surface area contributed by atoms with Crippen molar-refractivity contribution in [2.75, 3.05) is 6.54 Å². The Morgan fingerprint density at radius 1 is 1.03 bits per heavy atom. The highest BCUT2D eigenvalue weighted by molar-refractivity contribution is 5.72. The first-order valence-electron chi connectivity index (χ1n) is 15.5. The molecule has 0 spiro atoms. The predicted molar refractivity (Wildman–Crippen MR) is 153 cm³/mol. The number of hydrogen-bond acceptors (Lipinski definition) is 4. The van der Waals surface area contributed by atoms with E-state index in [2.05, 4.69) is 40.7 Å². The molecule has 3 saturated carbocycles. The number of aliphatic carboxylic acids is 1. The molecule has 0 unspecified atom stereocenters. The minimum atomic E-state index is -0.955. The highest BCUT2D eigenvalue weighted by Crippen LogP contribution is 2.67. The quantitative estimate of drug-likeness (QED) is 0.260. The third-order valence-electron chi connectivity index (χ3n) is 11.3. The second-order valence-electron chi connectivity index (χ2n) is 14.1. The summed E-state index contributed by atoms with van der Waals surface area (Å²) >= 11 is 0. The summed E-state index contributed by atoms with van der Waals surface area (Å²) in [6.45, 7) is 13.1. The molecule has 4 aliphatic carbocycles. The molecule has 37 heavy (non-hydrogen) atoms. The molecule has 4 rings (SSSR count). The number of hydrogen-bond donors (Lipinski definition) is 4. The number of aliphatic hydroxyl groups excluding tert-OH is 1. The zero-order valence-electron chi connectivity index (χ0n) is 24.6. The maximum absolute atomic E-state index is 10.2. The Balaban J connectivity index is 0.000000364. The molecule has 0 aromatic heterocycles. The van der Waals surface area contributed by atoms with Crippen molar-refractivity contribution in [3.8, 4) is 0 Å². The van der Waals surface area contributed by atoms with Crippen molar-refractivity contribution < 1.29 is 15.0 Å². The molecule has 0 aromatic carbocycles. The number of fused-ring (bicyclic) bond motifs is 5. The van der Waals surface area contributed by atoms with Crippen molar-refractivity contribution in [2.45, 2.75) is 130 Å². The molecule has 0 bridgehead atoms. The average Bonchev–Trinajstić information content (AvgIpc) is 3.20. The Morgan fingerprint density at radius 3 is 2.41 bits per heavy atom. The molecule has 0 amide bonds. The Morgan fingerprint density at radius 2 is 1.76 bits per heavy atom. The fourth-order valence-corrected chi connectivity index (χ4v) is 9.13. The number of aliphatic hydroxyl groups is 1. The van der Waals surface area contributed by atoms with Crippen LogP contribution in [0.3, 0.4) is 0 Å². The molecule has 214 valence electrons.